The van der Waals surface area contributed by atoms with Crippen molar-refractivity contribution < 1.29 is 27.2 Å². The number of amides is 2. The fourth-order valence-electron chi connectivity index (χ4n) is 3.51. The van der Waals surface area contributed by atoms with E-state index in [-0.39, 0.29) is 35.6 Å². The van der Waals surface area contributed by atoms with Crippen molar-refractivity contribution in [1.82, 2.24) is 15.3 Å². The number of H-pyrrole nitrogens is 1. The molecule has 1 fully saturated rings. The molecule has 1 atom stereocenters. The summed E-state index contributed by atoms with van der Waals surface area (Å²) in [4.78, 5) is 32.7. The number of fused-ring (bicyclic) bond motifs is 1. The van der Waals surface area contributed by atoms with Gasteiger partial charge in [-0.25, -0.2) is 9.37 Å². The second kappa shape index (κ2) is 7.84. The average Bonchev–Trinajstić information content (AvgIpc) is 3.28. The molecule has 0 bridgehead atoms. The fourth-order valence-corrected chi connectivity index (χ4v) is 3.75. The largest absolute Gasteiger partial charge is 0.431 e. The number of hydrogen-bond donors (Lipinski definition) is 2. The highest BCUT2D eigenvalue weighted by Gasteiger charge is 2.38. The Morgan fingerprint density at radius 1 is 1.26 bits per heavy atom. The maximum absolute atomic E-state index is 13.4. The second-order valence-electron chi connectivity index (χ2n) is 7.14. The molecular weight excluding hydrogens is 440 g/mol. The quantitative estimate of drug-likeness (QED) is 0.461. The molecule has 1 aliphatic heterocycles. The minimum atomic E-state index is -4.54. The number of nitrogens with zero attached hydrogens (tertiary/aromatic N) is 2. The van der Waals surface area contributed by atoms with E-state index >= 15 is 0 Å². The van der Waals surface area contributed by atoms with Crippen LogP contribution in [0.25, 0.3) is 11.0 Å². The van der Waals surface area contributed by atoms with E-state index in [1.807, 2.05) is 0 Å². The van der Waals surface area contributed by atoms with Crippen molar-refractivity contribution in [2.24, 2.45) is 5.92 Å². The molecule has 2 amide bonds. The molecule has 1 saturated heterocycles. The number of anilines is 1. The normalized spacial score (nSPS) is 16.9. The second-order valence-corrected chi connectivity index (χ2v) is 7.58. The molecule has 2 N–H and O–H groups in total. The third-order valence-electron chi connectivity index (χ3n) is 4.98. The molecule has 0 saturated carbocycles. The monoisotopic (exact) mass is 454 g/mol. The van der Waals surface area contributed by atoms with E-state index in [2.05, 4.69) is 15.3 Å². The van der Waals surface area contributed by atoms with Gasteiger partial charge in [-0.3, -0.25) is 9.59 Å². The number of carbonyl (C=O) groups is 2. The standard InChI is InChI=1S/C20H15ClF4N4O2/c21-12-3-10(4-13(22)7-12)8-27-18(30)15-1-2-29(19(15)31)14-5-11-6-16(20(23,24)25)28-17(11)26-9-14/h3-7,9,15H,1-2,8H2,(H,26,28)(H,27,30). The first-order valence-electron chi connectivity index (χ1n) is 9.22. The molecule has 1 aliphatic rings. The van der Waals surface area contributed by atoms with Gasteiger partial charge in [-0.2, -0.15) is 13.2 Å². The summed E-state index contributed by atoms with van der Waals surface area (Å²) in [7, 11) is 0. The summed E-state index contributed by atoms with van der Waals surface area (Å²) in [5.74, 6) is -2.51. The summed E-state index contributed by atoms with van der Waals surface area (Å²) in [5.41, 5.74) is -0.138. The molecule has 0 radical (unpaired) electrons. The molecule has 1 unspecified atom stereocenters. The van der Waals surface area contributed by atoms with Crippen molar-refractivity contribution in [3.05, 3.63) is 58.6 Å². The minimum absolute atomic E-state index is 0.00280. The summed E-state index contributed by atoms with van der Waals surface area (Å²) in [6, 6.07) is 6.20. The van der Waals surface area contributed by atoms with Gasteiger partial charge in [-0.05, 0) is 42.3 Å². The van der Waals surface area contributed by atoms with Crippen molar-refractivity contribution in [3.8, 4) is 0 Å². The zero-order chi connectivity index (χ0) is 22.3. The van der Waals surface area contributed by atoms with Crippen LogP contribution in [0.2, 0.25) is 5.02 Å². The molecule has 2 aromatic heterocycles. The van der Waals surface area contributed by atoms with Gasteiger partial charge in [0.25, 0.3) is 0 Å². The van der Waals surface area contributed by atoms with Crippen LogP contribution in [-0.2, 0) is 22.3 Å². The van der Waals surface area contributed by atoms with Crippen LogP contribution >= 0.6 is 11.6 Å². The number of rotatable bonds is 4. The third-order valence-corrected chi connectivity index (χ3v) is 5.20. The van der Waals surface area contributed by atoms with Crippen LogP contribution in [0.15, 0.2) is 36.5 Å². The zero-order valence-corrected chi connectivity index (χ0v) is 16.5. The van der Waals surface area contributed by atoms with Crippen LogP contribution in [0.1, 0.15) is 17.7 Å². The molecule has 1 aromatic carbocycles. The van der Waals surface area contributed by atoms with Crippen LogP contribution in [0.5, 0.6) is 0 Å². The Hall–Kier alpha value is -3.14. The Balaban J connectivity index is 1.46. The summed E-state index contributed by atoms with van der Waals surface area (Å²) in [6.45, 7) is 0.212. The fraction of sp³-hybridized carbons (Fsp3) is 0.250. The van der Waals surface area contributed by atoms with Gasteiger partial charge in [0.15, 0.2) is 0 Å². The molecular formula is C20H15ClF4N4O2. The molecule has 31 heavy (non-hydrogen) atoms. The first-order valence-corrected chi connectivity index (χ1v) is 9.59. The highest BCUT2D eigenvalue weighted by Crippen LogP contribution is 2.33. The van der Waals surface area contributed by atoms with Gasteiger partial charge < -0.3 is 15.2 Å². The van der Waals surface area contributed by atoms with Gasteiger partial charge in [0.05, 0.1) is 11.9 Å². The Morgan fingerprint density at radius 2 is 2.03 bits per heavy atom. The number of halogens is 5. The number of nitrogens with one attached hydrogen (secondary N) is 2. The summed E-state index contributed by atoms with van der Waals surface area (Å²) < 4.78 is 52.0. The van der Waals surface area contributed by atoms with Gasteiger partial charge in [-0.15, -0.1) is 0 Å². The maximum Gasteiger partial charge on any atom is 0.431 e. The van der Waals surface area contributed by atoms with Gasteiger partial charge in [-0.1, -0.05) is 11.6 Å². The van der Waals surface area contributed by atoms with Gasteiger partial charge in [0.2, 0.25) is 11.8 Å². The predicted octanol–water partition coefficient (Wildman–Crippen LogP) is 4.04. The van der Waals surface area contributed by atoms with Crippen LogP contribution in [0, 0.1) is 11.7 Å². The first-order chi connectivity index (χ1) is 14.6. The molecule has 0 spiro atoms. The maximum atomic E-state index is 13.4. The number of benzene rings is 1. The molecule has 4 rings (SSSR count). The molecule has 3 heterocycles. The summed E-state index contributed by atoms with van der Waals surface area (Å²) >= 11 is 5.79. The van der Waals surface area contributed by atoms with Crippen LogP contribution in [0.4, 0.5) is 23.2 Å². The lowest BCUT2D eigenvalue weighted by atomic mass is 10.1. The van der Waals surface area contributed by atoms with E-state index in [1.54, 1.807) is 0 Å². The highest BCUT2D eigenvalue weighted by molar-refractivity contribution is 6.30. The van der Waals surface area contributed by atoms with Crippen LogP contribution in [-0.4, -0.2) is 28.3 Å². The Labute approximate surface area is 178 Å². The van der Waals surface area contributed by atoms with Gasteiger partial charge >= 0.3 is 6.18 Å². The molecule has 11 heteroatoms. The summed E-state index contributed by atoms with van der Waals surface area (Å²) in [5, 5.41) is 2.98. The number of alkyl halides is 3. The third kappa shape index (κ3) is 4.34. The average molecular weight is 455 g/mol. The zero-order valence-electron chi connectivity index (χ0n) is 15.8. The van der Waals surface area contributed by atoms with E-state index < -0.39 is 35.4 Å². The topological polar surface area (TPSA) is 78.1 Å². The Morgan fingerprint density at radius 3 is 2.74 bits per heavy atom. The number of aromatic amines is 1. The van der Waals surface area contributed by atoms with E-state index in [1.165, 1.54) is 29.3 Å². The molecule has 0 aliphatic carbocycles. The smallest absolute Gasteiger partial charge is 0.351 e. The number of hydrogen-bond acceptors (Lipinski definition) is 3. The van der Waals surface area contributed by atoms with Crippen molar-refractivity contribution in [2.45, 2.75) is 19.1 Å². The van der Waals surface area contributed by atoms with Gasteiger partial charge in [0, 0.05) is 23.5 Å². The van der Waals surface area contributed by atoms with Crippen molar-refractivity contribution in [2.75, 3.05) is 11.4 Å². The summed E-state index contributed by atoms with van der Waals surface area (Å²) in [6.07, 6.45) is -3.03. The lowest BCUT2D eigenvalue weighted by Crippen LogP contribution is -2.36. The number of aromatic nitrogens is 2. The molecule has 162 valence electrons. The Bertz CT molecular complexity index is 1160. The van der Waals surface area contributed by atoms with Crippen molar-refractivity contribution in [3.63, 3.8) is 0 Å². The lowest BCUT2D eigenvalue weighted by molar-refractivity contribution is -0.140. The van der Waals surface area contributed by atoms with Crippen molar-refractivity contribution in [1.29, 1.82) is 0 Å². The van der Waals surface area contributed by atoms with E-state index in [9.17, 15) is 27.2 Å². The van der Waals surface area contributed by atoms with E-state index in [0.717, 1.165) is 12.1 Å². The lowest BCUT2D eigenvalue weighted by Gasteiger charge is -2.16. The van der Waals surface area contributed by atoms with Crippen LogP contribution < -0.4 is 10.2 Å². The number of carbonyl (C=O) groups excluding carboxylic acids is 2. The molecule has 6 nitrogen and oxygen atoms in total. The van der Waals surface area contributed by atoms with E-state index in [4.69, 9.17) is 11.6 Å². The predicted molar refractivity (Wildman–Crippen MR) is 105 cm³/mol. The minimum Gasteiger partial charge on any atom is -0.351 e. The van der Waals surface area contributed by atoms with Gasteiger partial charge in [0.1, 0.15) is 23.1 Å². The van der Waals surface area contributed by atoms with E-state index in [0.29, 0.717) is 11.3 Å². The van der Waals surface area contributed by atoms with Crippen molar-refractivity contribution >= 4 is 40.1 Å². The first kappa shape index (κ1) is 21.1. The highest BCUT2D eigenvalue weighted by atomic mass is 35.5. The SMILES string of the molecule is O=C(NCc1cc(F)cc(Cl)c1)C1CCN(c2cnc3[nH]c(C(F)(F)F)cc3c2)C1=O. The van der Waals surface area contributed by atoms with Crippen LogP contribution in [0.3, 0.4) is 0 Å². The number of pyridine rings is 1. The Kier molecular flexibility index (Phi) is 5.34. The molecule has 3 aromatic rings.